The van der Waals surface area contributed by atoms with E-state index in [2.05, 4.69) is 5.32 Å². The number of aryl methyl sites for hydroxylation is 2. The van der Waals surface area contributed by atoms with Crippen LogP contribution in [0, 0.1) is 13.8 Å². The van der Waals surface area contributed by atoms with Crippen LogP contribution in [0.4, 0.5) is 0 Å². The summed E-state index contributed by atoms with van der Waals surface area (Å²) in [5.41, 5.74) is 3.58. The largest absolute Gasteiger partial charge is 0.497 e. The first kappa shape index (κ1) is 20.3. The summed E-state index contributed by atoms with van der Waals surface area (Å²) in [6.45, 7) is 5.58. The molecule has 2 aromatic rings. The van der Waals surface area contributed by atoms with Crippen LogP contribution < -0.4 is 14.8 Å². The van der Waals surface area contributed by atoms with E-state index >= 15 is 0 Å². The second-order valence-corrected chi connectivity index (χ2v) is 6.28. The van der Waals surface area contributed by atoms with Crippen LogP contribution in [0.5, 0.6) is 11.5 Å². The van der Waals surface area contributed by atoms with Gasteiger partial charge >= 0.3 is 5.97 Å². The topological polar surface area (TPSA) is 73.9 Å². The molecule has 1 amide bonds. The number of rotatable bonds is 7. The standard InChI is InChI=1S/C21H25NO5/c1-13-6-7-16(10-14(13)2)15(3)22-20(23)12-27-21(24)18-9-8-17(25-4)11-19(18)26-5/h6-11,15H,12H2,1-5H3,(H,22,23). The van der Waals surface area contributed by atoms with Gasteiger partial charge in [-0.3, -0.25) is 4.79 Å². The van der Waals surface area contributed by atoms with Gasteiger partial charge < -0.3 is 19.5 Å². The Morgan fingerprint density at radius 1 is 1.00 bits per heavy atom. The number of nitrogens with one attached hydrogen (secondary N) is 1. The summed E-state index contributed by atoms with van der Waals surface area (Å²) < 4.78 is 15.4. The third-order valence-electron chi connectivity index (χ3n) is 4.37. The maximum Gasteiger partial charge on any atom is 0.342 e. The number of esters is 1. The SMILES string of the molecule is COc1ccc(C(=O)OCC(=O)NC(C)c2ccc(C)c(C)c2)c(OC)c1. The van der Waals surface area contributed by atoms with Gasteiger partial charge in [-0.25, -0.2) is 4.79 Å². The van der Waals surface area contributed by atoms with E-state index in [4.69, 9.17) is 14.2 Å². The van der Waals surface area contributed by atoms with Gasteiger partial charge in [0, 0.05) is 6.07 Å². The van der Waals surface area contributed by atoms with E-state index in [1.807, 2.05) is 39.0 Å². The molecule has 0 fully saturated rings. The molecule has 144 valence electrons. The third-order valence-corrected chi connectivity index (χ3v) is 4.37. The molecule has 0 heterocycles. The molecule has 1 N–H and O–H groups in total. The maximum absolute atomic E-state index is 12.2. The molecule has 0 saturated heterocycles. The van der Waals surface area contributed by atoms with Crippen molar-refractivity contribution in [1.82, 2.24) is 5.32 Å². The number of ether oxygens (including phenoxy) is 3. The van der Waals surface area contributed by atoms with E-state index in [9.17, 15) is 9.59 Å². The molecule has 1 unspecified atom stereocenters. The van der Waals surface area contributed by atoms with Gasteiger partial charge in [0.1, 0.15) is 17.1 Å². The van der Waals surface area contributed by atoms with E-state index < -0.39 is 5.97 Å². The summed E-state index contributed by atoms with van der Waals surface area (Å²) in [6.07, 6.45) is 0. The first-order valence-electron chi connectivity index (χ1n) is 8.61. The van der Waals surface area contributed by atoms with Gasteiger partial charge in [0.15, 0.2) is 6.61 Å². The smallest absolute Gasteiger partial charge is 0.342 e. The second-order valence-electron chi connectivity index (χ2n) is 6.28. The zero-order valence-corrected chi connectivity index (χ0v) is 16.3. The number of hydrogen-bond donors (Lipinski definition) is 1. The first-order valence-corrected chi connectivity index (χ1v) is 8.61. The number of carbonyl (C=O) groups excluding carboxylic acids is 2. The lowest BCUT2D eigenvalue weighted by atomic mass is 10.0. The Hall–Kier alpha value is -3.02. The predicted molar refractivity (Wildman–Crippen MR) is 102 cm³/mol. The lowest BCUT2D eigenvalue weighted by molar-refractivity contribution is -0.124. The molecule has 0 aliphatic carbocycles. The number of methoxy groups -OCH3 is 2. The molecule has 0 spiro atoms. The number of hydrogen-bond acceptors (Lipinski definition) is 5. The second kappa shape index (κ2) is 9.07. The highest BCUT2D eigenvalue weighted by molar-refractivity contribution is 5.94. The summed E-state index contributed by atoms with van der Waals surface area (Å²) in [5.74, 6) is -0.128. The Labute approximate surface area is 159 Å². The Morgan fingerprint density at radius 2 is 1.74 bits per heavy atom. The average molecular weight is 371 g/mol. The van der Waals surface area contributed by atoms with Crippen LogP contribution in [0.15, 0.2) is 36.4 Å². The Bertz CT molecular complexity index is 831. The van der Waals surface area contributed by atoms with Crippen LogP contribution in [0.2, 0.25) is 0 Å². The van der Waals surface area contributed by atoms with Crippen molar-refractivity contribution in [2.75, 3.05) is 20.8 Å². The van der Waals surface area contributed by atoms with E-state index in [0.29, 0.717) is 11.5 Å². The van der Waals surface area contributed by atoms with Crippen molar-refractivity contribution in [3.63, 3.8) is 0 Å². The van der Waals surface area contributed by atoms with Crippen molar-refractivity contribution in [2.24, 2.45) is 0 Å². The molecule has 0 aliphatic heterocycles. The van der Waals surface area contributed by atoms with Crippen LogP contribution in [0.25, 0.3) is 0 Å². The summed E-state index contributed by atoms with van der Waals surface area (Å²) in [7, 11) is 2.97. The monoisotopic (exact) mass is 371 g/mol. The van der Waals surface area contributed by atoms with Crippen molar-refractivity contribution in [3.8, 4) is 11.5 Å². The van der Waals surface area contributed by atoms with Crippen LogP contribution in [0.1, 0.15) is 40.0 Å². The minimum absolute atomic E-state index is 0.189. The van der Waals surface area contributed by atoms with Crippen molar-refractivity contribution < 1.29 is 23.8 Å². The molecule has 0 bridgehead atoms. The predicted octanol–water partition coefficient (Wildman–Crippen LogP) is 3.35. The molecule has 6 nitrogen and oxygen atoms in total. The summed E-state index contributed by atoms with van der Waals surface area (Å²) in [6, 6.07) is 10.6. The summed E-state index contributed by atoms with van der Waals surface area (Å²) >= 11 is 0. The highest BCUT2D eigenvalue weighted by Gasteiger charge is 2.17. The molecule has 2 rings (SSSR count). The van der Waals surface area contributed by atoms with E-state index in [0.717, 1.165) is 11.1 Å². The van der Waals surface area contributed by atoms with Gasteiger partial charge in [-0.15, -0.1) is 0 Å². The van der Waals surface area contributed by atoms with E-state index in [1.54, 1.807) is 12.1 Å². The molecule has 1 atom stereocenters. The zero-order chi connectivity index (χ0) is 20.0. The van der Waals surface area contributed by atoms with Crippen molar-refractivity contribution >= 4 is 11.9 Å². The van der Waals surface area contributed by atoms with E-state index in [1.165, 1.54) is 25.8 Å². The Balaban J connectivity index is 1.94. The molecule has 6 heteroatoms. The molecule has 0 saturated carbocycles. The minimum atomic E-state index is -0.636. The molecular formula is C21H25NO5. The molecular weight excluding hydrogens is 346 g/mol. The fraction of sp³-hybridized carbons (Fsp3) is 0.333. The number of amides is 1. The van der Waals surface area contributed by atoms with Gasteiger partial charge in [-0.2, -0.15) is 0 Å². The van der Waals surface area contributed by atoms with Gasteiger partial charge in [0.05, 0.1) is 20.3 Å². The number of carbonyl (C=O) groups is 2. The summed E-state index contributed by atoms with van der Waals surface area (Å²) in [5, 5.41) is 2.83. The zero-order valence-electron chi connectivity index (χ0n) is 16.3. The van der Waals surface area contributed by atoms with Crippen molar-refractivity contribution in [3.05, 3.63) is 58.7 Å². The lowest BCUT2D eigenvalue weighted by Crippen LogP contribution is -2.31. The molecule has 0 aliphatic rings. The van der Waals surface area contributed by atoms with Crippen LogP contribution in [-0.4, -0.2) is 32.7 Å². The third kappa shape index (κ3) is 5.23. The Kier molecular flexibility index (Phi) is 6.82. The molecule has 27 heavy (non-hydrogen) atoms. The highest BCUT2D eigenvalue weighted by atomic mass is 16.5. The average Bonchev–Trinajstić information content (AvgIpc) is 2.67. The van der Waals surface area contributed by atoms with Gasteiger partial charge in [-0.1, -0.05) is 18.2 Å². The molecule has 0 radical (unpaired) electrons. The van der Waals surface area contributed by atoms with Gasteiger partial charge in [0.2, 0.25) is 0 Å². The lowest BCUT2D eigenvalue weighted by Gasteiger charge is -2.16. The Morgan fingerprint density at radius 3 is 2.37 bits per heavy atom. The summed E-state index contributed by atoms with van der Waals surface area (Å²) in [4.78, 5) is 24.4. The van der Waals surface area contributed by atoms with Crippen molar-refractivity contribution in [1.29, 1.82) is 0 Å². The molecule has 2 aromatic carbocycles. The van der Waals surface area contributed by atoms with Gasteiger partial charge in [-0.05, 0) is 49.6 Å². The fourth-order valence-electron chi connectivity index (χ4n) is 2.58. The van der Waals surface area contributed by atoms with Gasteiger partial charge in [0.25, 0.3) is 5.91 Å². The quantitative estimate of drug-likeness (QED) is 0.756. The van der Waals surface area contributed by atoms with Crippen molar-refractivity contribution in [2.45, 2.75) is 26.8 Å². The first-order chi connectivity index (χ1) is 12.8. The van der Waals surface area contributed by atoms with Crippen LogP contribution in [0.3, 0.4) is 0 Å². The number of benzene rings is 2. The maximum atomic E-state index is 12.2. The minimum Gasteiger partial charge on any atom is -0.497 e. The highest BCUT2D eigenvalue weighted by Crippen LogP contribution is 2.25. The normalized spacial score (nSPS) is 11.4. The van der Waals surface area contributed by atoms with Crippen LogP contribution in [-0.2, 0) is 9.53 Å². The molecule has 0 aromatic heterocycles. The van der Waals surface area contributed by atoms with E-state index in [-0.39, 0.29) is 24.1 Å². The van der Waals surface area contributed by atoms with Crippen LogP contribution >= 0.6 is 0 Å². The fourth-order valence-corrected chi connectivity index (χ4v) is 2.58.